The Labute approximate surface area is 152 Å². The Bertz CT molecular complexity index is 722. The van der Waals surface area contributed by atoms with E-state index in [0.717, 1.165) is 31.4 Å². The van der Waals surface area contributed by atoms with Gasteiger partial charge in [-0.3, -0.25) is 4.79 Å². The molecule has 2 aromatic carbocycles. The summed E-state index contributed by atoms with van der Waals surface area (Å²) < 4.78 is 7.54. The minimum atomic E-state index is -0.307. The van der Waals surface area contributed by atoms with Crippen molar-refractivity contribution in [1.29, 1.82) is 0 Å². The molecule has 4 nitrogen and oxygen atoms in total. The Balaban J connectivity index is 1.88. The minimum absolute atomic E-state index is 0.0842. The fourth-order valence-corrected chi connectivity index (χ4v) is 3.16. The zero-order chi connectivity index (χ0) is 16.8. The maximum absolute atomic E-state index is 11.8. The van der Waals surface area contributed by atoms with Crippen molar-refractivity contribution in [3.8, 4) is 5.75 Å². The quantitative estimate of drug-likeness (QED) is 0.555. The van der Waals surface area contributed by atoms with Gasteiger partial charge in [-0.1, -0.05) is 44.0 Å². The summed E-state index contributed by atoms with van der Waals surface area (Å²) in [7, 11) is 0. The van der Waals surface area contributed by atoms with E-state index >= 15 is 0 Å². The SMILES string of the molecule is Cc1cc(Br)cc(C)c1OCC(=O)N/N=C/c1cccc(Br)c1. The van der Waals surface area contributed by atoms with E-state index < -0.39 is 0 Å². The molecule has 0 unspecified atom stereocenters. The molecule has 0 bridgehead atoms. The molecule has 0 saturated heterocycles. The molecule has 0 aliphatic heterocycles. The normalized spacial score (nSPS) is 10.8. The fourth-order valence-electron chi connectivity index (χ4n) is 2.06. The van der Waals surface area contributed by atoms with Crippen LogP contribution in [0, 0.1) is 13.8 Å². The molecule has 0 radical (unpaired) electrons. The summed E-state index contributed by atoms with van der Waals surface area (Å²) in [6, 6.07) is 11.5. The van der Waals surface area contributed by atoms with Crippen molar-refractivity contribution in [3.63, 3.8) is 0 Å². The Kier molecular flexibility index (Phi) is 6.36. The summed E-state index contributed by atoms with van der Waals surface area (Å²) >= 11 is 6.81. The summed E-state index contributed by atoms with van der Waals surface area (Å²) in [4.78, 5) is 11.8. The van der Waals surface area contributed by atoms with Gasteiger partial charge in [0.15, 0.2) is 6.61 Å². The molecule has 0 atom stereocenters. The van der Waals surface area contributed by atoms with Gasteiger partial charge in [0.05, 0.1) is 6.21 Å². The predicted octanol–water partition coefficient (Wildman–Crippen LogP) is 4.36. The van der Waals surface area contributed by atoms with Crippen LogP contribution in [0.3, 0.4) is 0 Å². The Morgan fingerprint density at radius 2 is 1.87 bits per heavy atom. The zero-order valence-electron chi connectivity index (χ0n) is 12.8. The molecule has 0 aromatic heterocycles. The molecule has 0 heterocycles. The number of carbonyl (C=O) groups excluding carboxylic acids is 1. The van der Waals surface area contributed by atoms with Gasteiger partial charge in [0.2, 0.25) is 0 Å². The van der Waals surface area contributed by atoms with Crippen LogP contribution >= 0.6 is 31.9 Å². The number of halogens is 2. The van der Waals surface area contributed by atoms with Gasteiger partial charge in [0.1, 0.15) is 5.75 Å². The van der Waals surface area contributed by atoms with Crippen LogP contribution in [0.15, 0.2) is 50.4 Å². The highest BCUT2D eigenvalue weighted by molar-refractivity contribution is 9.10. The summed E-state index contributed by atoms with van der Waals surface area (Å²) in [6.45, 7) is 3.80. The molecule has 1 N–H and O–H groups in total. The molecular weight excluding hydrogens is 424 g/mol. The van der Waals surface area contributed by atoms with Gasteiger partial charge in [0.25, 0.3) is 5.91 Å². The van der Waals surface area contributed by atoms with Gasteiger partial charge in [-0.15, -0.1) is 0 Å². The van der Waals surface area contributed by atoms with Crippen molar-refractivity contribution in [1.82, 2.24) is 5.43 Å². The minimum Gasteiger partial charge on any atom is -0.483 e. The first kappa shape index (κ1) is 17.7. The fraction of sp³-hybridized carbons (Fsp3) is 0.176. The topological polar surface area (TPSA) is 50.7 Å². The smallest absolute Gasteiger partial charge is 0.277 e. The molecule has 0 aliphatic rings. The van der Waals surface area contributed by atoms with E-state index in [0.29, 0.717) is 0 Å². The molecule has 1 amide bonds. The number of hydrogen-bond acceptors (Lipinski definition) is 3. The number of nitrogens with one attached hydrogen (secondary N) is 1. The van der Waals surface area contributed by atoms with Crippen LogP contribution in [0.2, 0.25) is 0 Å². The number of amides is 1. The van der Waals surface area contributed by atoms with Crippen molar-refractivity contribution < 1.29 is 9.53 Å². The molecule has 0 saturated carbocycles. The van der Waals surface area contributed by atoms with Gasteiger partial charge in [-0.2, -0.15) is 5.10 Å². The lowest BCUT2D eigenvalue weighted by molar-refractivity contribution is -0.123. The summed E-state index contributed by atoms with van der Waals surface area (Å²) in [5, 5.41) is 3.92. The number of hydrogen-bond donors (Lipinski definition) is 1. The Morgan fingerprint density at radius 1 is 1.17 bits per heavy atom. The third kappa shape index (κ3) is 5.48. The second kappa shape index (κ2) is 8.26. The number of benzene rings is 2. The van der Waals surface area contributed by atoms with Crippen molar-refractivity contribution in [2.45, 2.75) is 13.8 Å². The molecule has 0 spiro atoms. The number of rotatable bonds is 5. The lowest BCUT2D eigenvalue weighted by atomic mass is 10.1. The largest absolute Gasteiger partial charge is 0.483 e. The van der Waals surface area contributed by atoms with E-state index in [2.05, 4.69) is 42.4 Å². The van der Waals surface area contributed by atoms with Crippen molar-refractivity contribution in [3.05, 3.63) is 62.0 Å². The second-order valence-electron chi connectivity index (χ2n) is 5.01. The highest BCUT2D eigenvalue weighted by Gasteiger charge is 2.08. The van der Waals surface area contributed by atoms with Crippen LogP contribution in [0.25, 0.3) is 0 Å². The molecule has 120 valence electrons. The summed E-state index contributed by atoms with van der Waals surface area (Å²) in [6.07, 6.45) is 1.58. The van der Waals surface area contributed by atoms with Crippen LogP contribution in [-0.4, -0.2) is 18.7 Å². The molecule has 6 heteroatoms. The third-order valence-electron chi connectivity index (χ3n) is 3.02. The number of aryl methyl sites for hydroxylation is 2. The Morgan fingerprint density at radius 3 is 2.52 bits per heavy atom. The first-order chi connectivity index (χ1) is 11.0. The predicted molar refractivity (Wildman–Crippen MR) is 99.0 cm³/mol. The van der Waals surface area contributed by atoms with Crippen LogP contribution in [0.5, 0.6) is 5.75 Å². The highest BCUT2D eigenvalue weighted by Crippen LogP contribution is 2.27. The standard InChI is InChI=1S/C17H16Br2N2O2/c1-11-6-15(19)7-12(2)17(11)23-10-16(22)21-20-9-13-4-3-5-14(18)8-13/h3-9H,10H2,1-2H3,(H,21,22)/b20-9+. The highest BCUT2D eigenvalue weighted by atomic mass is 79.9. The number of hydrazone groups is 1. The number of ether oxygens (including phenoxy) is 1. The van der Waals surface area contributed by atoms with Crippen LogP contribution in [-0.2, 0) is 4.79 Å². The monoisotopic (exact) mass is 438 g/mol. The summed E-state index contributed by atoms with van der Waals surface area (Å²) in [5.74, 6) is 0.414. The average molecular weight is 440 g/mol. The van der Waals surface area contributed by atoms with Gasteiger partial charge in [-0.05, 0) is 54.8 Å². The molecular formula is C17H16Br2N2O2. The van der Waals surface area contributed by atoms with Gasteiger partial charge in [-0.25, -0.2) is 5.43 Å². The van der Waals surface area contributed by atoms with E-state index in [9.17, 15) is 4.79 Å². The van der Waals surface area contributed by atoms with Crippen LogP contribution < -0.4 is 10.2 Å². The van der Waals surface area contributed by atoms with E-state index in [1.54, 1.807) is 6.21 Å². The third-order valence-corrected chi connectivity index (χ3v) is 3.98. The number of carbonyl (C=O) groups is 1. The second-order valence-corrected chi connectivity index (χ2v) is 6.84. The lowest BCUT2D eigenvalue weighted by Gasteiger charge is -2.11. The average Bonchev–Trinajstić information content (AvgIpc) is 2.46. The molecule has 23 heavy (non-hydrogen) atoms. The maximum atomic E-state index is 11.8. The molecule has 2 rings (SSSR count). The molecule has 0 aliphatic carbocycles. The van der Waals surface area contributed by atoms with E-state index in [4.69, 9.17) is 4.74 Å². The van der Waals surface area contributed by atoms with Crippen LogP contribution in [0.1, 0.15) is 16.7 Å². The lowest BCUT2D eigenvalue weighted by Crippen LogP contribution is -2.25. The van der Waals surface area contributed by atoms with Crippen molar-refractivity contribution >= 4 is 44.0 Å². The molecule has 2 aromatic rings. The van der Waals surface area contributed by atoms with Gasteiger partial charge >= 0.3 is 0 Å². The van der Waals surface area contributed by atoms with Crippen molar-refractivity contribution in [2.75, 3.05) is 6.61 Å². The number of nitrogens with zero attached hydrogens (tertiary/aromatic N) is 1. The Hall–Kier alpha value is -1.66. The van der Waals surface area contributed by atoms with E-state index in [1.807, 2.05) is 50.2 Å². The summed E-state index contributed by atoms with van der Waals surface area (Å²) in [5.41, 5.74) is 5.29. The van der Waals surface area contributed by atoms with Crippen LogP contribution in [0.4, 0.5) is 0 Å². The van der Waals surface area contributed by atoms with Gasteiger partial charge < -0.3 is 4.74 Å². The van der Waals surface area contributed by atoms with Gasteiger partial charge in [0, 0.05) is 8.95 Å². The molecule has 0 fully saturated rings. The first-order valence-electron chi connectivity index (χ1n) is 6.92. The van der Waals surface area contributed by atoms with Crippen molar-refractivity contribution in [2.24, 2.45) is 5.10 Å². The maximum Gasteiger partial charge on any atom is 0.277 e. The van der Waals surface area contributed by atoms with E-state index in [1.165, 1.54) is 0 Å². The first-order valence-corrected chi connectivity index (χ1v) is 8.51. The van der Waals surface area contributed by atoms with E-state index in [-0.39, 0.29) is 12.5 Å². The zero-order valence-corrected chi connectivity index (χ0v) is 15.9.